The van der Waals surface area contributed by atoms with Crippen LogP contribution in [0.2, 0.25) is 0 Å². The van der Waals surface area contributed by atoms with Crippen LogP contribution in [0.3, 0.4) is 0 Å². The van der Waals surface area contributed by atoms with Crippen molar-refractivity contribution in [3.8, 4) is 0 Å². The number of carboxylic acid groups (broad SMARTS) is 1. The van der Waals surface area contributed by atoms with E-state index in [2.05, 4.69) is 9.97 Å². The van der Waals surface area contributed by atoms with Crippen molar-refractivity contribution in [1.29, 1.82) is 0 Å². The van der Waals surface area contributed by atoms with Crippen LogP contribution in [0.1, 0.15) is 5.56 Å². The molecule has 0 bridgehead atoms. The lowest BCUT2D eigenvalue weighted by Gasteiger charge is -1.98. The molecular weight excluding hydrogens is 288 g/mol. The lowest BCUT2D eigenvalue weighted by Crippen LogP contribution is -1.96. The molecule has 0 spiro atoms. The minimum absolute atomic E-state index is 0.120. The standard InChI is InChI=1S/C15H10N2O3S/c18-14(19)13(8-10-4-3-7-16-9-10)21-15-17-11-5-1-2-6-12(11)20-15/h1-9H,(H,18,19)/b13-8-. The van der Waals surface area contributed by atoms with Crippen molar-refractivity contribution in [2.24, 2.45) is 0 Å². The zero-order valence-corrected chi connectivity index (χ0v) is 11.6. The molecule has 0 aliphatic carbocycles. The molecule has 3 rings (SSSR count). The van der Waals surface area contributed by atoms with Gasteiger partial charge in [-0.3, -0.25) is 4.98 Å². The van der Waals surface area contributed by atoms with Crippen molar-refractivity contribution in [1.82, 2.24) is 9.97 Å². The third kappa shape index (κ3) is 3.11. The summed E-state index contributed by atoms with van der Waals surface area (Å²) >= 11 is 0.973. The highest BCUT2D eigenvalue weighted by molar-refractivity contribution is 8.03. The van der Waals surface area contributed by atoms with Crippen LogP contribution < -0.4 is 0 Å². The topological polar surface area (TPSA) is 76.2 Å². The Kier molecular flexibility index (Phi) is 3.70. The highest BCUT2D eigenvalue weighted by atomic mass is 32.2. The van der Waals surface area contributed by atoms with Gasteiger partial charge in [-0.25, -0.2) is 9.78 Å². The third-order valence-electron chi connectivity index (χ3n) is 2.66. The second-order valence-electron chi connectivity index (χ2n) is 4.15. The fourth-order valence-electron chi connectivity index (χ4n) is 1.74. The van der Waals surface area contributed by atoms with Crippen molar-refractivity contribution >= 4 is 34.9 Å². The van der Waals surface area contributed by atoms with Gasteiger partial charge in [0.1, 0.15) is 10.4 Å². The lowest BCUT2D eigenvalue weighted by molar-refractivity contribution is -0.131. The summed E-state index contributed by atoms with van der Waals surface area (Å²) in [6.07, 6.45) is 4.76. The smallest absolute Gasteiger partial charge is 0.342 e. The molecule has 0 aliphatic rings. The Hall–Kier alpha value is -2.60. The van der Waals surface area contributed by atoms with Crippen molar-refractivity contribution in [3.63, 3.8) is 0 Å². The number of oxazole rings is 1. The maximum Gasteiger partial charge on any atom is 0.342 e. The molecular formula is C15H10N2O3S. The molecule has 0 radical (unpaired) electrons. The predicted octanol–water partition coefficient (Wildman–Crippen LogP) is 3.44. The van der Waals surface area contributed by atoms with Gasteiger partial charge in [0, 0.05) is 12.4 Å². The van der Waals surface area contributed by atoms with Crippen LogP contribution in [0, 0.1) is 0 Å². The van der Waals surface area contributed by atoms with E-state index in [0.29, 0.717) is 21.9 Å². The lowest BCUT2D eigenvalue weighted by atomic mass is 10.2. The molecule has 1 aromatic carbocycles. The molecule has 0 fully saturated rings. The maximum atomic E-state index is 11.3. The first-order valence-corrected chi connectivity index (χ1v) is 6.92. The molecule has 104 valence electrons. The summed E-state index contributed by atoms with van der Waals surface area (Å²) < 4.78 is 5.52. The fraction of sp³-hybridized carbons (Fsp3) is 0. The molecule has 21 heavy (non-hydrogen) atoms. The number of hydrogen-bond acceptors (Lipinski definition) is 5. The molecule has 0 saturated carbocycles. The minimum atomic E-state index is -1.04. The Morgan fingerprint density at radius 2 is 2.10 bits per heavy atom. The van der Waals surface area contributed by atoms with Gasteiger partial charge in [0.25, 0.3) is 5.22 Å². The number of carbonyl (C=O) groups is 1. The van der Waals surface area contributed by atoms with E-state index in [4.69, 9.17) is 4.42 Å². The van der Waals surface area contributed by atoms with Gasteiger partial charge in [-0.2, -0.15) is 0 Å². The van der Waals surface area contributed by atoms with Gasteiger partial charge in [-0.15, -0.1) is 0 Å². The Morgan fingerprint density at radius 1 is 1.24 bits per heavy atom. The number of thioether (sulfide) groups is 1. The monoisotopic (exact) mass is 298 g/mol. The number of pyridine rings is 1. The second kappa shape index (κ2) is 5.80. The van der Waals surface area contributed by atoms with Gasteiger partial charge in [-0.1, -0.05) is 18.2 Å². The van der Waals surface area contributed by atoms with Gasteiger partial charge in [0.2, 0.25) is 0 Å². The van der Waals surface area contributed by atoms with Crippen LogP contribution in [0.25, 0.3) is 17.2 Å². The van der Waals surface area contributed by atoms with Crippen LogP contribution in [0.4, 0.5) is 0 Å². The van der Waals surface area contributed by atoms with E-state index in [9.17, 15) is 9.90 Å². The van der Waals surface area contributed by atoms with E-state index in [1.54, 1.807) is 30.6 Å². The van der Waals surface area contributed by atoms with E-state index >= 15 is 0 Å². The van der Waals surface area contributed by atoms with Gasteiger partial charge >= 0.3 is 5.97 Å². The minimum Gasteiger partial charge on any atom is -0.477 e. The van der Waals surface area contributed by atoms with Crippen molar-refractivity contribution in [3.05, 3.63) is 59.3 Å². The van der Waals surface area contributed by atoms with Gasteiger partial charge in [0.05, 0.1) is 0 Å². The van der Waals surface area contributed by atoms with E-state index in [0.717, 1.165) is 11.8 Å². The summed E-state index contributed by atoms with van der Waals surface area (Å²) in [5, 5.41) is 9.59. The summed E-state index contributed by atoms with van der Waals surface area (Å²) in [6, 6.07) is 10.8. The molecule has 0 unspecified atom stereocenters. The van der Waals surface area contributed by atoms with Gasteiger partial charge in [0.15, 0.2) is 5.58 Å². The molecule has 0 saturated heterocycles. The van der Waals surface area contributed by atoms with E-state index in [1.807, 2.05) is 18.2 Å². The summed E-state index contributed by atoms with van der Waals surface area (Å²) in [4.78, 5) is 19.7. The average Bonchev–Trinajstić information content (AvgIpc) is 2.90. The summed E-state index contributed by atoms with van der Waals surface area (Å²) in [5.41, 5.74) is 2.04. The van der Waals surface area contributed by atoms with Gasteiger partial charge in [-0.05, 0) is 41.6 Å². The van der Waals surface area contributed by atoms with E-state index < -0.39 is 5.97 Å². The zero-order chi connectivity index (χ0) is 14.7. The SMILES string of the molecule is O=C(O)/C(=C/c1cccnc1)Sc1nc2ccccc2o1. The molecule has 0 atom stereocenters. The number of nitrogens with zero attached hydrogens (tertiary/aromatic N) is 2. The van der Waals surface area contributed by atoms with Crippen LogP contribution in [-0.2, 0) is 4.79 Å². The molecule has 0 amide bonds. The Morgan fingerprint density at radius 3 is 2.81 bits per heavy atom. The largest absolute Gasteiger partial charge is 0.477 e. The highest BCUT2D eigenvalue weighted by Gasteiger charge is 2.14. The Labute approximate surface area is 124 Å². The predicted molar refractivity (Wildman–Crippen MR) is 79.7 cm³/mol. The number of aliphatic carboxylic acids is 1. The highest BCUT2D eigenvalue weighted by Crippen LogP contribution is 2.30. The number of rotatable bonds is 4. The molecule has 6 heteroatoms. The first-order valence-electron chi connectivity index (χ1n) is 6.11. The first-order chi connectivity index (χ1) is 10.2. The molecule has 3 aromatic rings. The van der Waals surface area contributed by atoms with Crippen LogP contribution in [0.5, 0.6) is 0 Å². The van der Waals surface area contributed by atoms with Crippen LogP contribution >= 0.6 is 11.8 Å². The quantitative estimate of drug-likeness (QED) is 0.587. The van der Waals surface area contributed by atoms with Crippen molar-refractivity contribution in [2.75, 3.05) is 0 Å². The number of fused-ring (bicyclic) bond motifs is 1. The average molecular weight is 298 g/mol. The van der Waals surface area contributed by atoms with Crippen LogP contribution in [0.15, 0.2) is 63.3 Å². The third-order valence-corrected chi connectivity index (χ3v) is 3.53. The second-order valence-corrected chi connectivity index (χ2v) is 5.14. The molecule has 1 N–H and O–H groups in total. The number of hydrogen-bond donors (Lipinski definition) is 1. The normalized spacial score (nSPS) is 11.7. The zero-order valence-electron chi connectivity index (χ0n) is 10.8. The molecule has 5 nitrogen and oxygen atoms in total. The van der Waals surface area contributed by atoms with E-state index in [1.165, 1.54) is 6.08 Å². The van der Waals surface area contributed by atoms with Crippen molar-refractivity contribution < 1.29 is 14.3 Å². The number of aromatic nitrogens is 2. The molecule has 0 aliphatic heterocycles. The number of carboxylic acids is 1. The number of para-hydroxylation sites is 2. The van der Waals surface area contributed by atoms with Crippen molar-refractivity contribution in [2.45, 2.75) is 5.22 Å². The van der Waals surface area contributed by atoms with E-state index in [-0.39, 0.29) is 4.91 Å². The van der Waals surface area contributed by atoms with Crippen LogP contribution in [-0.4, -0.2) is 21.0 Å². The molecule has 2 heterocycles. The Balaban J connectivity index is 1.92. The first kappa shape index (κ1) is 13.4. The molecule has 2 aromatic heterocycles. The maximum absolute atomic E-state index is 11.3. The number of benzene rings is 1. The summed E-state index contributed by atoms with van der Waals surface area (Å²) in [5.74, 6) is -1.04. The summed E-state index contributed by atoms with van der Waals surface area (Å²) in [7, 11) is 0. The van der Waals surface area contributed by atoms with Gasteiger partial charge < -0.3 is 9.52 Å². The summed E-state index contributed by atoms with van der Waals surface area (Å²) in [6.45, 7) is 0. The Bertz CT molecular complexity index is 779. The fourth-order valence-corrected chi connectivity index (χ4v) is 2.48.